The van der Waals surface area contributed by atoms with Crippen molar-refractivity contribution >= 4 is 22.9 Å². The molecule has 0 spiro atoms. The van der Waals surface area contributed by atoms with Gasteiger partial charge in [0.05, 0.1) is 18.3 Å². The number of hydrogen-bond donors (Lipinski definition) is 2. The first kappa shape index (κ1) is 26.6. The number of rotatable bonds is 8. The van der Waals surface area contributed by atoms with Crippen molar-refractivity contribution < 1.29 is 14.6 Å². The van der Waals surface area contributed by atoms with Crippen LogP contribution in [0.1, 0.15) is 20.3 Å². The fraction of sp³-hybridized carbons (Fsp3) is 0.276. The summed E-state index contributed by atoms with van der Waals surface area (Å²) in [6.07, 6.45) is 3.44. The molecule has 11 heteroatoms. The average molecular weight is 540 g/mol. The van der Waals surface area contributed by atoms with Crippen molar-refractivity contribution in [1.82, 2.24) is 24.0 Å². The monoisotopic (exact) mass is 539 g/mol. The lowest BCUT2D eigenvalue weighted by atomic mass is 9.91. The SMILES string of the molecule is CC(C)(/C=C(/C#N)C(=O)N1CC[C@H]1Cn1c(=O)n(-c2ccc(Oc3ccccc3)cc2)c2c(N)ncnc21)CO. The number of para-hydroxylation sites is 1. The van der Waals surface area contributed by atoms with Crippen molar-refractivity contribution in [3.05, 3.63) is 83.1 Å². The molecule has 0 unspecified atom stereocenters. The molecule has 1 fully saturated rings. The standard InChI is InChI=1S/C29H29N7O4/c1-29(2,17-37)14-19(15-30)27(38)34-13-12-21(34)16-35-26-24(25(31)32-18-33-26)36(28(35)39)20-8-10-23(11-9-20)40-22-6-4-3-5-7-22/h3-11,14,18,21,37H,12-13,16-17H2,1-2H3,(H2,31,32,33)/b19-14-/t21-/m0/s1. The Morgan fingerprint density at radius 1 is 1.18 bits per heavy atom. The number of ether oxygens (including phenoxy) is 1. The summed E-state index contributed by atoms with van der Waals surface area (Å²) in [6.45, 7) is 3.90. The predicted molar refractivity (Wildman–Crippen MR) is 149 cm³/mol. The predicted octanol–water partition coefficient (Wildman–Crippen LogP) is 3.03. The molecule has 1 saturated heterocycles. The summed E-state index contributed by atoms with van der Waals surface area (Å²) in [7, 11) is 0. The van der Waals surface area contributed by atoms with Gasteiger partial charge in [0.15, 0.2) is 11.5 Å². The lowest BCUT2D eigenvalue weighted by Crippen LogP contribution is -2.54. The highest BCUT2D eigenvalue weighted by Crippen LogP contribution is 2.28. The third-order valence-electron chi connectivity index (χ3n) is 6.90. The van der Waals surface area contributed by atoms with Gasteiger partial charge in [-0.25, -0.2) is 14.8 Å². The Kier molecular flexibility index (Phi) is 7.11. The van der Waals surface area contributed by atoms with Crippen molar-refractivity contribution in [3.63, 3.8) is 0 Å². The Morgan fingerprint density at radius 3 is 2.50 bits per heavy atom. The highest BCUT2D eigenvalue weighted by molar-refractivity contribution is 5.98. The van der Waals surface area contributed by atoms with Crippen molar-refractivity contribution in [3.8, 4) is 23.3 Å². The van der Waals surface area contributed by atoms with Gasteiger partial charge in [0, 0.05) is 18.5 Å². The Bertz CT molecular complexity index is 1680. The number of fused-ring (bicyclic) bond motifs is 1. The normalized spacial score (nSPS) is 15.5. The van der Waals surface area contributed by atoms with Crippen LogP contribution in [0.3, 0.4) is 0 Å². The molecule has 204 valence electrons. The largest absolute Gasteiger partial charge is 0.457 e. The van der Waals surface area contributed by atoms with E-state index in [4.69, 9.17) is 10.5 Å². The Hall–Kier alpha value is -4.95. The number of aliphatic hydroxyl groups is 1. The van der Waals surface area contributed by atoms with E-state index in [9.17, 15) is 20.0 Å². The summed E-state index contributed by atoms with van der Waals surface area (Å²) < 4.78 is 8.81. The van der Waals surface area contributed by atoms with Crippen LogP contribution < -0.4 is 16.2 Å². The fourth-order valence-corrected chi connectivity index (χ4v) is 4.64. The smallest absolute Gasteiger partial charge is 0.335 e. The van der Waals surface area contributed by atoms with Crippen LogP contribution in [0.15, 0.2) is 77.4 Å². The zero-order valence-electron chi connectivity index (χ0n) is 22.2. The number of carbonyl (C=O) groups is 1. The van der Waals surface area contributed by atoms with Crippen molar-refractivity contribution in [2.24, 2.45) is 5.41 Å². The molecule has 2 aromatic heterocycles. The number of likely N-dealkylation sites (tertiary alicyclic amines) is 1. The number of nitrogens with zero attached hydrogens (tertiary/aromatic N) is 6. The molecule has 3 N–H and O–H groups in total. The van der Waals surface area contributed by atoms with Gasteiger partial charge >= 0.3 is 5.69 Å². The van der Waals surface area contributed by atoms with Crippen LogP contribution in [0.2, 0.25) is 0 Å². The summed E-state index contributed by atoms with van der Waals surface area (Å²) >= 11 is 0. The number of nitrogen functional groups attached to an aromatic ring is 1. The number of aliphatic hydroxyl groups excluding tert-OH is 1. The zero-order chi connectivity index (χ0) is 28.4. The second-order valence-electron chi connectivity index (χ2n) is 10.3. The molecule has 5 rings (SSSR count). The first-order valence-corrected chi connectivity index (χ1v) is 12.8. The minimum Gasteiger partial charge on any atom is -0.457 e. The van der Waals surface area contributed by atoms with E-state index in [2.05, 4.69) is 9.97 Å². The average Bonchev–Trinajstić information content (AvgIpc) is 3.22. The fourth-order valence-electron chi connectivity index (χ4n) is 4.64. The maximum absolute atomic E-state index is 13.8. The maximum atomic E-state index is 13.8. The zero-order valence-corrected chi connectivity index (χ0v) is 22.2. The first-order valence-electron chi connectivity index (χ1n) is 12.8. The van der Waals surface area contributed by atoms with Crippen molar-refractivity contribution in [1.29, 1.82) is 5.26 Å². The molecule has 0 saturated carbocycles. The van der Waals surface area contributed by atoms with Gasteiger partial charge in [-0.15, -0.1) is 0 Å². The first-order chi connectivity index (χ1) is 19.2. The van der Waals surface area contributed by atoms with Crippen LogP contribution in [0.4, 0.5) is 5.82 Å². The number of hydrogen-bond acceptors (Lipinski definition) is 8. The van der Waals surface area contributed by atoms with E-state index in [-0.39, 0.29) is 36.3 Å². The Balaban J connectivity index is 1.46. The molecular formula is C29H29N7O4. The molecule has 4 aromatic rings. The molecule has 1 atom stereocenters. The van der Waals surface area contributed by atoms with E-state index in [1.54, 1.807) is 43.0 Å². The van der Waals surface area contributed by atoms with E-state index >= 15 is 0 Å². The highest BCUT2D eigenvalue weighted by atomic mass is 16.5. The van der Waals surface area contributed by atoms with Gasteiger partial charge in [0.2, 0.25) is 0 Å². The molecule has 1 aliphatic heterocycles. The highest BCUT2D eigenvalue weighted by Gasteiger charge is 2.36. The topological polar surface area (TPSA) is 152 Å². The molecule has 1 aliphatic rings. The number of imidazole rings is 1. The molecule has 40 heavy (non-hydrogen) atoms. The molecular weight excluding hydrogens is 510 g/mol. The minimum atomic E-state index is -0.721. The van der Waals surface area contributed by atoms with Crippen molar-refractivity contribution in [2.45, 2.75) is 32.9 Å². The van der Waals surface area contributed by atoms with Gasteiger partial charge in [-0.05, 0) is 42.8 Å². The van der Waals surface area contributed by atoms with Crippen LogP contribution in [0, 0.1) is 16.7 Å². The Labute approximate surface area is 230 Å². The lowest BCUT2D eigenvalue weighted by Gasteiger charge is -2.41. The molecule has 3 heterocycles. The van der Waals surface area contributed by atoms with Crippen LogP contribution in [0.5, 0.6) is 11.5 Å². The van der Waals surface area contributed by atoms with Gasteiger partial charge in [-0.3, -0.25) is 13.9 Å². The van der Waals surface area contributed by atoms with Gasteiger partial charge in [0.25, 0.3) is 5.91 Å². The third-order valence-corrected chi connectivity index (χ3v) is 6.90. The molecule has 11 nitrogen and oxygen atoms in total. The molecule has 0 radical (unpaired) electrons. The lowest BCUT2D eigenvalue weighted by molar-refractivity contribution is -0.134. The summed E-state index contributed by atoms with van der Waals surface area (Å²) in [5, 5.41) is 19.2. The van der Waals surface area contributed by atoms with E-state index in [0.29, 0.717) is 41.3 Å². The number of nitriles is 1. The number of nitrogens with two attached hydrogens (primary N) is 1. The summed E-state index contributed by atoms with van der Waals surface area (Å²) in [6, 6.07) is 18.0. The van der Waals surface area contributed by atoms with E-state index in [1.807, 2.05) is 36.4 Å². The summed E-state index contributed by atoms with van der Waals surface area (Å²) in [5.41, 5.74) is 6.34. The van der Waals surface area contributed by atoms with Crippen molar-refractivity contribution in [2.75, 3.05) is 18.9 Å². The molecule has 1 amide bonds. The quantitative estimate of drug-likeness (QED) is 0.256. The number of carbonyl (C=O) groups excluding carboxylic acids is 1. The summed E-state index contributed by atoms with van der Waals surface area (Å²) in [4.78, 5) is 36.9. The van der Waals surface area contributed by atoms with Crippen LogP contribution in [-0.2, 0) is 11.3 Å². The van der Waals surface area contributed by atoms with E-state index < -0.39 is 11.3 Å². The number of anilines is 1. The van der Waals surface area contributed by atoms with E-state index in [0.717, 1.165) is 0 Å². The van der Waals surface area contributed by atoms with Crippen LogP contribution >= 0.6 is 0 Å². The van der Waals surface area contributed by atoms with Gasteiger partial charge < -0.3 is 20.5 Å². The second-order valence-corrected chi connectivity index (χ2v) is 10.3. The Morgan fingerprint density at radius 2 is 1.88 bits per heavy atom. The summed E-state index contributed by atoms with van der Waals surface area (Å²) in [5.74, 6) is 1.01. The minimum absolute atomic E-state index is 0.0390. The molecule has 0 bridgehead atoms. The van der Waals surface area contributed by atoms with Gasteiger partial charge in [0.1, 0.15) is 35.0 Å². The van der Waals surface area contributed by atoms with Gasteiger partial charge in [-0.1, -0.05) is 38.1 Å². The number of benzene rings is 2. The maximum Gasteiger partial charge on any atom is 0.335 e. The number of amides is 1. The van der Waals surface area contributed by atoms with Crippen LogP contribution in [0.25, 0.3) is 16.9 Å². The third kappa shape index (κ3) is 5.04. The van der Waals surface area contributed by atoms with Crippen LogP contribution in [-0.4, -0.2) is 54.2 Å². The molecule has 0 aliphatic carbocycles. The number of aromatic nitrogens is 4. The van der Waals surface area contributed by atoms with E-state index in [1.165, 1.54) is 21.5 Å². The molecule has 2 aromatic carbocycles. The second kappa shape index (κ2) is 10.7. The van der Waals surface area contributed by atoms with Gasteiger partial charge in [-0.2, -0.15) is 5.26 Å².